The zero-order valence-corrected chi connectivity index (χ0v) is 19.4. The highest BCUT2D eigenvalue weighted by atomic mass is 16.2. The van der Waals surface area contributed by atoms with Crippen molar-refractivity contribution >= 4 is 33.4 Å². The maximum Gasteiger partial charge on any atom is 0.227 e. The topological polar surface area (TPSA) is 130 Å². The van der Waals surface area contributed by atoms with Gasteiger partial charge in [0.15, 0.2) is 0 Å². The Kier molecular flexibility index (Phi) is 4.47. The molecule has 0 atom stereocenters. The third-order valence-electron chi connectivity index (χ3n) is 6.44. The molecule has 10 heteroatoms. The van der Waals surface area contributed by atoms with Crippen molar-refractivity contribution in [2.75, 3.05) is 5.32 Å². The number of rotatable bonds is 5. The van der Waals surface area contributed by atoms with Crippen LogP contribution in [0, 0.1) is 12.8 Å². The lowest BCUT2D eigenvalue weighted by Gasteiger charge is -2.06. The first-order valence-electron chi connectivity index (χ1n) is 11.7. The first-order valence-corrected chi connectivity index (χ1v) is 11.7. The summed E-state index contributed by atoms with van der Waals surface area (Å²) in [6.07, 6.45) is 12.6. The standard InChI is InChI=1S/C26H21N9O/c1-14-12-35(13-30-14)25-19-8-22(32-20(19)4-5-28-25)24-18-7-21(29-11-23(18)33-34-24)16-6-17(10-27-9-16)31-26(36)15-2-3-15/h4-13,15,32H,2-3H2,1H3,(H,31,36)(H,33,34). The summed E-state index contributed by atoms with van der Waals surface area (Å²) in [6, 6.07) is 7.89. The van der Waals surface area contributed by atoms with Crippen LogP contribution >= 0.6 is 0 Å². The van der Waals surface area contributed by atoms with E-state index in [-0.39, 0.29) is 11.8 Å². The monoisotopic (exact) mass is 475 g/mol. The molecule has 10 nitrogen and oxygen atoms in total. The maximum absolute atomic E-state index is 12.2. The van der Waals surface area contributed by atoms with E-state index in [9.17, 15) is 4.79 Å². The number of nitrogens with one attached hydrogen (secondary N) is 3. The summed E-state index contributed by atoms with van der Waals surface area (Å²) in [5.74, 6) is 0.975. The van der Waals surface area contributed by atoms with Crippen molar-refractivity contribution in [3.8, 4) is 28.5 Å². The average molecular weight is 476 g/mol. The molecule has 1 amide bonds. The second-order valence-electron chi connectivity index (χ2n) is 9.11. The maximum atomic E-state index is 12.2. The zero-order valence-electron chi connectivity index (χ0n) is 19.4. The predicted octanol–water partition coefficient (Wildman–Crippen LogP) is 4.41. The molecular weight excluding hydrogens is 454 g/mol. The molecule has 0 radical (unpaired) electrons. The Balaban J connectivity index is 1.28. The Morgan fingerprint density at radius 3 is 2.81 bits per heavy atom. The van der Waals surface area contributed by atoms with Gasteiger partial charge in [0.25, 0.3) is 0 Å². The number of hydrogen-bond acceptors (Lipinski definition) is 6. The quantitative estimate of drug-likeness (QED) is 0.339. The summed E-state index contributed by atoms with van der Waals surface area (Å²) in [4.78, 5) is 33.5. The Bertz CT molecular complexity index is 1770. The first-order chi connectivity index (χ1) is 17.6. The van der Waals surface area contributed by atoms with Gasteiger partial charge in [0.2, 0.25) is 5.91 Å². The van der Waals surface area contributed by atoms with Crippen LogP contribution in [0.15, 0.2) is 61.6 Å². The summed E-state index contributed by atoms with van der Waals surface area (Å²) in [6.45, 7) is 1.95. The number of pyridine rings is 3. The molecule has 0 aromatic carbocycles. The number of carbonyl (C=O) groups excluding carboxylic acids is 1. The Hall–Kier alpha value is -4.86. The number of H-pyrrole nitrogens is 2. The van der Waals surface area contributed by atoms with Crippen LogP contribution in [0.5, 0.6) is 0 Å². The van der Waals surface area contributed by atoms with Gasteiger partial charge in [-0.15, -0.1) is 0 Å². The molecule has 6 aromatic rings. The van der Waals surface area contributed by atoms with Crippen LogP contribution in [0.25, 0.3) is 50.3 Å². The van der Waals surface area contributed by atoms with Crippen LogP contribution in [0.4, 0.5) is 5.69 Å². The lowest BCUT2D eigenvalue weighted by Crippen LogP contribution is -2.13. The molecule has 176 valence electrons. The fourth-order valence-electron chi connectivity index (χ4n) is 4.43. The van der Waals surface area contributed by atoms with E-state index in [0.29, 0.717) is 5.69 Å². The molecule has 36 heavy (non-hydrogen) atoms. The molecule has 1 fully saturated rings. The van der Waals surface area contributed by atoms with Gasteiger partial charge in [-0.3, -0.25) is 24.4 Å². The number of aromatic amines is 2. The van der Waals surface area contributed by atoms with Crippen molar-refractivity contribution in [1.82, 2.24) is 39.7 Å². The summed E-state index contributed by atoms with van der Waals surface area (Å²) in [5.41, 5.74) is 6.57. The fraction of sp³-hybridized carbons (Fsp3) is 0.154. The lowest BCUT2D eigenvalue weighted by molar-refractivity contribution is -0.117. The number of carbonyl (C=O) groups is 1. The van der Waals surface area contributed by atoms with Gasteiger partial charge in [-0.1, -0.05) is 0 Å². The Labute approximate surface area is 204 Å². The van der Waals surface area contributed by atoms with Crippen LogP contribution in [0.2, 0.25) is 0 Å². The molecule has 0 spiro atoms. The molecular formula is C26H21N9O. The fourth-order valence-corrected chi connectivity index (χ4v) is 4.43. The van der Waals surface area contributed by atoms with Gasteiger partial charge >= 0.3 is 0 Å². The van der Waals surface area contributed by atoms with Crippen molar-refractivity contribution in [1.29, 1.82) is 0 Å². The number of aromatic nitrogens is 8. The third kappa shape index (κ3) is 3.50. The number of fused-ring (bicyclic) bond motifs is 2. The minimum absolute atomic E-state index is 0.0491. The lowest BCUT2D eigenvalue weighted by atomic mass is 10.1. The number of aryl methyl sites for hydroxylation is 1. The number of hydrogen-bond donors (Lipinski definition) is 3. The van der Waals surface area contributed by atoms with Crippen LogP contribution in [0.3, 0.4) is 0 Å². The average Bonchev–Trinajstić information content (AvgIpc) is 3.30. The highest BCUT2D eigenvalue weighted by Gasteiger charge is 2.29. The molecule has 1 saturated carbocycles. The molecule has 6 heterocycles. The van der Waals surface area contributed by atoms with Gasteiger partial charge < -0.3 is 10.3 Å². The summed E-state index contributed by atoms with van der Waals surface area (Å²) in [5, 5.41) is 12.5. The molecule has 1 aliphatic carbocycles. The van der Waals surface area contributed by atoms with Gasteiger partial charge in [0.1, 0.15) is 17.8 Å². The van der Waals surface area contributed by atoms with Crippen LogP contribution in [0.1, 0.15) is 18.5 Å². The molecule has 6 aromatic heterocycles. The number of nitrogens with zero attached hydrogens (tertiary/aromatic N) is 6. The molecule has 0 bridgehead atoms. The number of anilines is 1. The van der Waals surface area contributed by atoms with Crippen LogP contribution in [-0.4, -0.2) is 45.6 Å². The van der Waals surface area contributed by atoms with E-state index in [2.05, 4.69) is 46.5 Å². The van der Waals surface area contributed by atoms with E-state index in [1.54, 1.807) is 31.1 Å². The Morgan fingerprint density at radius 2 is 1.97 bits per heavy atom. The second kappa shape index (κ2) is 7.84. The van der Waals surface area contributed by atoms with Crippen molar-refractivity contribution in [2.24, 2.45) is 5.92 Å². The van der Waals surface area contributed by atoms with E-state index in [0.717, 1.165) is 68.8 Å². The van der Waals surface area contributed by atoms with Gasteiger partial charge in [-0.25, -0.2) is 9.97 Å². The molecule has 7 rings (SSSR count). The van der Waals surface area contributed by atoms with E-state index in [4.69, 9.17) is 0 Å². The van der Waals surface area contributed by atoms with Gasteiger partial charge in [0, 0.05) is 40.8 Å². The SMILES string of the molecule is Cc1cn(-c2nccc3[nH]c(-c4n[nH]c5cnc(-c6cncc(NC(=O)C7CC7)c6)cc45)cc23)cn1. The summed E-state index contributed by atoms with van der Waals surface area (Å²) >= 11 is 0. The minimum atomic E-state index is 0.0491. The highest BCUT2D eigenvalue weighted by molar-refractivity contribution is 5.98. The summed E-state index contributed by atoms with van der Waals surface area (Å²) in [7, 11) is 0. The summed E-state index contributed by atoms with van der Waals surface area (Å²) < 4.78 is 1.92. The van der Waals surface area contributed by atoms with Crippen molar-refractivity contribution < 1.29 is 4.79 Å². The molecule has 0 aliphatic heterocycles. The van der Waals surface area contributed by atoms with Crippen molar-refractivity contribution in [3.63, 3.8) is 0 Å². The minimum Gasteiger partial charge on any atom is -0.353 e. The van der Waals surface area contributed by atoms with E-state index >= 15 is 0 Å². The smallest absolute Gasteiger partial charge is 0.227 e. The Morgan fingerprint density at radius 1 is 1.06 bits per heavy atom. The van der Waals surface area contributed by atoms with Crippen LogP contribution < -0.4 is 5.32 Å². The van der Waals surface area contributed by atoms with E-state index < -0.39 is 0 Å². The number of imidazole rings is 1. The van der Waals surface area contributed by atoms with Gasteiger partial charge in [0.05, 0.1) is 46.2 Å². The second-order valence-corrected chi connectivity index (χ2v) is 9.11. The van der Waals surface area contributed by atoms with Crippen LogP contribution in [-0.2, 0) is 4.79 Å². The highest BCUT2D eigenvalue weighted by Crippen LogP contribution is 2.33. The van der Waals surface area contributed by atoms with Gasteiger partial charge in [-0.05, 0) is 44.0 Å². The molecule has 3 N–H and O–H groups in total. The number of amides is 1. The van der Waals surface area contributed by atoms with Crippen molar-refractivity contribution in [2.45, 2.75) is 19.8 Å². The molecule has 1 aliphatic rings. The largest absolute Gasteiger partial charge is 0.353 e. The molecule has 0 unspecified atom stereocenters. The predicted molar refractivity (Wildman–Crippen MR) is 135 cm³/mol. The van der Waals surface area contributed by atoms with Crippen molar-refractivity contribution in [3.05, 3.63) is 67.3 Å². The first kappa shape index (κ1) is 20.5. The third-order valence-corrected chi connectivity index (χ3v) is 6.44. The normalized spacial score (nSPS) is 13.5. The van der Waals surface area contributed by atoms with E-state index in [1.807, 2.05) is 35.9 Å². The van der Waals surface area contributed by atoms with Gasteiger partial charge in [-0.2, -0.15) is 5.10 Å². The molecule has 0 saturated heterocycles. The zero-order chi connectivity index (χ0) is 24.2. The van der Waals surface area contributed by atoms with E-state index in [1.165, 1.54) is 0 Å².